The second-order valence-electron chi connectivity index (χ2n) is 8.09. The van der Waals surface area contributed by atoms with Gasteiger partial charge in [0, 0.05) is 0 Å². The highest BCUT2D eigenvalue weighted by atomic mass is 16.7. The van der Waals surface area contributed by atoms with E-state index in [-0.39, 0.29) is 0 Å². The molecule has 15 nitrogen and oxygen atoms in total. The first-order valence-corrected chi connectivity index (χ1v) is 10.4. The lowest BCUT2D eigenvalue weighted by Crippen LogP contribution is -2.65. The van der Waals surface area contributed by atoms with Crippen LogP contribution in [0.25, 0.3) is 0 Å². The summed E-state index contributed by atoms with van der Waals surface area (Å²) in [4.78, 5) is 0. The number of aliphatic hydroxyl groups excluding tert-OH is 11. The van der Waals surface area contributed by atoms with Gasteiger partial charge in [0.05, 0.1) is 25.9 Å². The Morgan fingerprint density at radius 3 is 1.79 bits per heavy atom. The lowest BCUT2D eigenvalue weighted by atomic mass is 9.96. The first-order valence-electron chi connectivity index (χ1n) is 10.4. The first kappa shape index (κ1) is 28.6. The molecule has 15 heteroatoms. The van der Waals surface area contributed by atoms with Crippen LogP contribution in [0.5, 0.6) is 0 Å². The van der Waals surface area contributed by atoms with Crippen LogP contribution in [-0.4, -0.2) is 162 Å². The fourth-order valence-corrected chi connectivity index (χ4v) is 3.63. The SMILES string of the molecule is C[C@H](O)[C@H](O[C@@H]1O[C@H](CO)[C@H](O[C@@H]2O[C@H](CO)[C@H](O)[C@H](O)[C@H]2O)[C@H](O)[C@H]1O)[C@@H](O)[C@@H](O)CO. The highest BCUT2D eigenvalue weighted by Gasteiger charge is 2.51. The third kappa shape index (κ3) is 6.35. The third-order valence-corrected chi connectivity index (χ3v) is 5.64. The van der Waals surface area contributed by atoms with Crippen molar-refractivity contribution in [2.24, 2.45) is 0 Å². The minimum Gasteiger partial charge on any atom is -0.394 e. The van der Waals surface area contributed by atoms with Crippen LogP contribution in [0, 0.1) is 0 Å². The van der Waals surface area contributed by atoms with Crippen LogP contribution in [0.3, 0.4) is 0 Å². The van der Waals surface area contributed by atoms with E-state index in [0.717, 1.165) is 0 Å². The molecular weight excluding hydrogens is 456 g/mol. The molecule has 11 N–H and O–H groups in total. The van der Waals surface area contributed by atoms with E-state index in [1.807, 2.05) is 0 Å². The van der Waals surface area contributed by atoms with Gasteiger partial charge in [-0.25, -0.2) is 0 Å². The highest BCUT2D eigenvalue weighted by molar-refractivity contribution is 4.94. The van der Waals surface area contributed by atoms with Crippen molar-refractivity contribution < 1.29 is 75.1 Å². The molecule has 0 bridgehead atoms. The van der Waals surface area contributed by atoms with Crippen LogP contribution in [0.4, 0.5) is 0 Å². The van der Waals surface area contributed by atoms with Crippen molar-refractivity contribution in [3.8, 4) is 0 Å². The highest BCUT2D eigenvalue weighted by Crippen LogP contribution is 2.30. The van der Waals surface area contributed by atoms with E-state index in [9.17, 15) is 51.1 Å². The first-order chi connectivity index (χ1) is 15.5. The van der Waals surface area contributed by atoms with E-state index >= 15 is 0 Å². The molecule has 0 unspecified atom stereocenters. The lowest BCUT2D eigenvalue weighted by Gasteiger charge is -2.46. The fourth-order valence-electron chi connectivity index (χ4n) is 3.63. The van der Waals surface area contributed by atoms with Gasteiger partial charge in [-0.3, -0.25) is 0 Å². The number of rotatable bonds is 10. The van der Waals surface area contributed by atoms with Crippen LogP contribution in [0.1, 0.15) is 6.92 Å². The summed E-state index contributed by atoms with van der Waals surface area (Å²) in [6.45, 7) is -1.22. The van der Waals surface area contributed by atoms with Gasteiger partial charge in [0.15, 0.2) is 12.6 Å². The Bertz CT molecular complexity index is 577. The van der Waals surface area contributed by atoms with Gasteiger partial charge < -0.3 is 75.1 Å². The number of ether oxygens (including phenoxy) is 4. The maximum absolute atomic E-state index is 10.6. The average Bonchev–Trinajstić information content (AvgIpc) is 2.80. The lowest BCUT2D eigenvalue weighted by molar-refractivity contribution is -0.367. The van der Waals surface area contributed by atoms with Gasteiger partial charge >= 0.3 is 0 Å². The van der Waals surface area contributed by atoms with E-state index < -0.39 is 106 Å². The molecule has 2 saturated heterocycles. The summed E-state index contributed by atoms with van der Waals surface area (Å²) in [6, 6.07) is 0. The van der Waals surface area contributed by atoms with Crippen molar-refractivity contribution in [1.29, 1.82) is 0 Å². The van der Waals surface area contributed by atoms with E-state index in [1.165, 1.54) is 6.92 Å². The smallest absolute Gasteiger partial charge is 0.187 e. The molecule has 0 saturated carbocycles. The predicted molar refractivity (Wildman–Crippen MR) is 102 cm³/mol. The minimum absolute atomic E-state index is 0.737. The molecule has 2 rings (SSSR count). The van der Waals surface area contributed by atoms with Gasteiger partial charge in [0.2, 0.25) is 0 Å². The van der Waals surface area contributed by atoms with Crippen LogP contribution in [0.15, 0.2) is 0 Å². The molecule has 14 atom stereocenters. The molecule has 0 amide bonds. The molecule has 196 valence electrons. The van der Waals surface area contributed by atoms with E-state index in [0.29, 0.717) is 0 Å². The molecule has 0 aromatic rings. The van der Waals surface area contributed by atoms with Crippen LogP contribution in [0.2, 0.25) is 0 Å². The van der Waals surface area contributed by atoms with Crippen molar-refractivity contribution in [2.45, 2.75) is 92.8 Å². The molecule has 33 heavy (non-hydrogen) atoms. The van der Waals surface area contributed by atoms with Gasteiger partial charge in [-0.1, -0.05) is 0 Å². The molecule has 0 aliphatic carbocycles. The fraction of sp³-hybridized carbons (Fsp3) is 1.00. The normalized spacial score (nSPS) is 43.6. The Balaban J connectivity index is 2.15. The molecule has 2 aliphatic heterocycles. The molecule has 2 heterocycles. The van der Waals surface area contributed by atoms with Crippen molar-refractivity contribution in [3.63, 3.8) is 0 Å². The maximum Gasteiger partial charge on any atom is 0.187 e. The summed E-state index contributed by atoms with van der Waals surface area (Å²) >= 11 is 0. The largest absolute Gasteiger partial charge is 0.394 e. The van der Waals surface area contributed by atoms with Crippen molar-refractivity contribution in [2.75, 3.05) is 19.8 Å². The summed E-state index contributed by atoms with van der Waals surface area (Å²) < 4.78 is 21.3. The second-order valence-corrected chi connectivity index (χ2v) is 8.09. The number of aliphatic hydroxyl groups is 11. The number of hydrogen-bond acceptors (Lipinski definition) is 15. The van der Waals surface area contributed by atoms with Crippen LogP contribution < -0.4 is 0 Å². The Morgan fingerprint density at radius 1 is 0.727 bits per heavy atom. The zero-order valence-corrected chi connectivity index (χ0v) is 17.8. The van der Waals surface area contributed by atoms with Crippen molar-refractivity contribution in [1.82, 2.24) is 0 Å². The van der Waals surface area contributed by atoms with Crippen molar-refractivity contribution >= 4 is 0 Å². The second kappa shape index (κ2) is 12.4. The predicted octanol–water partition coefficient (Wildman–Crippen LogP) is -6.91. The topological polar surface area (TPSA) is 259 Å². The van der Waals surface area contributed by atoms with Gasteiger partial charge in [-0.15, -0.1) is 0 Å². The van der Waals surface area contributed by atoms with Crippen LogP contribution >= 0.6 is 0 Å². The van der Waals surface area contributed by atoms with Gasteiger partial charge in [0.1, 0.15) is 67.1 Å². The Hall–Kier alpha value is -0.600. The zero-order valence-electron chi connectivity index (χ0n) is 17.8. The Kier molecular flexibility index (Phi) is 10.7. The Morgan fingerprint density at radius 2 is 1.27 bits per heavy atom. The zero-order chi connectivity index (χ0) is 25.0. The van der Waals surface area contributed by atoms with E-state index in [1.54, 1.807) is 0 Å². The minimum atomic E-state index is -1.90. The summed E-state index contributed by atoms with van der Waals surface area (Å²) in [6.07, 6.45) is -23.3. The molecule has 0 aromatic carbocycles. The van der Waals surface area contributed by atoms with E-state index in [2.05, 4.69) is 0 Å². The van der Waals surface area contributed by atoms with Crippen LogP contribution in [-0.2, 0) is 18.9 Å². The van der Waals surface area contributed by atoms with Gasteiger partial charge in [0.25, 0.3) is 0 Å². The molecule has 0 radical (unpaired) electrons. The van der Waals surface area contributed by atoms with Gasteiger partial charge in [-0.05, 0) is 6.92 Å². The number of hydrogen-bond donors (Lipinski definition) is 11. The summed E-state index contributed by atoms with van der Waals surface area (Å²) in [7, 11) is 0. The maximum atomic E-state index is 10.6. The quantitative estimate of drug-likeness (QED) is 0.136. The molecule has 2 aliphatic rings. The standard InChI is InChI=1S/C18H34O15/c1-5(22)15(9(24)6(23)2-19)32-18-14(29)12(27)16(8(4-21)31-18)33-17-13(28)11(26)10(25)7(3-20)30-17/h5-29H,2-4H2,1H3/t5-,6-,7+,8+,9-,10-,11-,12+,13+,14+,15-,16-,17-,18-/m0/s1. The third-order valence-electron chi connectivity index (χ3n) is 5.64. The molecule has 0 spiro atoms. The molecule has 0 aromatic heterocycles. The molecular formula is C18H34O15. The van der Waals surface area contributed by atoms with Gasteiger partial charge in [-0.2, -0.15) is 0 Å². The summed E-state index contributed by atoms with van der Waals surface area (Å²) in [5.74, 6) is 0. The summed E-state index contributed by atoms with van der Waals surface area (Å²) in [5.41, 5.74) is 0. The van der Waals surface area contributed by atoms with E-state index in [4.69, 9.17) is 24.1 Å². The molecule has 2 fully saturated rings. The summed E-state index contributed by atoms with van der Waals surface area (Å²) in [5, 5.41) is 108. The Labute approximate surface area is 188 Å². The average molecular weight is 490 g/mol. The monoisotopic (exact) mass is 490 g/mol. The van der Waals surface area contributed by atoms with Crippen molar-refractivity contribution in [3.05, 3.63) is 0 Å².